The molecule has 1 aromatic carbocycles. The van der Waals surface area contributed by atoms with Gasteiger partial charge in [0.15, 0.2) is 0 Å². The zero-order valence-electron chi connectivity index (χ0n) is 10.8. The van der Waals surface area contributed by atoms with Crippen LogP contribution in [0.15, 0.2) is 18.2 Å². The molecule has 0 aliphatic heterocycles. The summed E-state index contributed by atoms with van der Waals surface area (Å²) in [6.45, 7) is 9.56. The Bertz CT molecular complexity index is 324. The molecule has 0 heterocycles. The first-order valence-corrected chi connectivity index (χ1v) is 5.86. The molecule has 0 atom stereocenters. The van der Waals surface area contributed by atoms with Crippen LogP contribution in [-0.2, 0) is 6.54 Å². The Labute approximate surface area is 98.7 Å². The Balaban J connectivity index is 2.60. The normalized spacial score (nSPS) is 11.8. The van der Waals surface area contributed by atoms with Crippen molar-refractivity contribution in [1.82, 2.24) is 5.32 Å². The van der Waals surface area contributed by atoms with Crippen LogP contribution in [-0.4, -0.2) is 17.3 Å². The molecule has 90 valence electrons. The number of aliphatic hydroxyl groups is 1. The van der Waals surface area contributed by atoms with Crippen molar-refractivity contribution in [2.75, 3.05) is 6.61 Å². The predicted octanol–water partition coefficient (Wildman–Crippen LogP) is 2.55. The fourth-order valence-electron chi connectivity index (χ4n) is 1.88. The number of aliphatic hydroxyl groups excluding tert-OH is 1. The number of benzene rings is 1. The van der Waals surface area contributed by atoms with Crippen LogP contribution < -0.4 is 5.32 Å². The van der Waals surface area contributed by atoms with Crippen LogP contribution in [0.25, 0.3) is 0 Å². The number of hydrogen-bond acceptors (Lipinski definition) is 2. The molecule has 0 unspecified atom stereocenters. The van der Waals surface area contributed by atoms with Crippen LogP contribution in [0, 0.1) is 13.8 Å². The summed E-state index contributed by atoms with van der Waals surface area (Å²) < 4.78 is 0. The van der Waals surface area contributed by atoms with Crippen molar-refractivity contribution in [2.45, 2.75) is 46.2 Å². The lowest BCUT2D eigenvalue weighted by molar-refractivity contribution is 0.230. The van der Waals surface area contributed by atoms with Gasteiger partial charge in [-0.25, -0.2) is 0 Å². The zero-order valence-corrected chi connectivity index (χ0v) is 10.8. The third-order valence-corrected chi connectivity index (χ3v) is 2.79. The summed E-state index contributed by atoms with van der Waals surface area (Å²) >= 11 is 0. The highest BCUT2D eigenvalue weighted by atomic mass is 16.3. The van der Waals surface area contributed by atoms with E-state index in [0.717, 1.165) is 13.0 Å². The molecule has 0 spiro atoms. The smallest absolute Gasteiger partial charge is 0.0448 e. The molecule has 1 aromatic rings. The first-order chi connectivity index (χ1) is 7.43. The maximum absolute atomic E-state index is 8.95. The molecule has 0 bridgehead atoms. The van der Waals surface area contributed by atoms with Crippen LogP contribution in [0.5, 0.6) is 0 Å². The fraction of sp³-hybridized carbons (Fsp3) is 0.571. The van der Waals surface area contributed by atoms with Gasteiger partial charge in [0.1, 0.15) is 0 Å². The van der Waals surface area contributed by atoms with Crippen molar-refractivity contribution < 1.29 is 5.11 Å². The molecule has 0 amide bonds. The maximum Gasteiger partial charge on any atom is 0.0448 e. The van der Waals surface area contributed by atoms with Crippen molar-refractivity contribution >= 4 is 0 Å². The minimum atomic E-state index is -0.00754. The van der Waals surface area contributed by atoms with Gasteiger partial charge in [-0.05, 0) is 39.7 Å². The highest BCUT2D eigenvalue weighted by Gasteiger charge is 2.15. The summed E-state index contributed by atoms with van der Waals surface area (Å²) in [7, 11) is 0. The Hall–Kier alpha value is -0.860. The largest absolute Gasteiger partial charge is 0.396 e. The average Bonchev–Trinajstić information content (AvgIpc) is 2.13. The maximum atomic E-state index is 8.95. The Morgan fingerprint density at radius 3 is 2.19 bits per heavy atom. The molecule has 0 saturated heterocycles. The first kappa shape index (κ1) is 13.2. The number of aryl methyl sites for hydroxylation is 2. The van der Waals surface area contributed by atoms with E-state index in [4.69, 9.17) is 5.11 Å². The lowest BCUT2D eigenvalue weighted by Gasteiger charge is -2.25. The molecule has 1 rings (SSSR count). The molecule has 2 nitrogen and oxygen atoms in total. The quantitative estimate of drug-likeness (QED) is 0.801. The van der Waals surface area contributed by atoms with E-state index < -0.39 is 0 Å². The minimum absolute atomic E-state index is 0.00754. The van der Waals surface area contributed by atoms with Crippen LogP contribution in [0.1, 0.15) is 37.0 Å². The average molecular weight is 221 g/mol. The van der Waals surface area contributed by atoms with Crippen LogP contribution in [0.2, 0.25) is 0 Å². The van der Waals surface area contributed by atoms with Gasteiger partial charge in [0.2, 0.25) is 0 Å². The molecule has 0 aromatic heterocycles. The van der Waals surface area contributed by atoms with Gasteiger partial charge in [0, 0.05) is 18.7 Å². The van der Waals surface area contributed by atoms with E-state index in [1.165, 1.54) is 16.7 Å². The van der Waals surface area contributed by atoms with E-state index in [2.05, 4.69) is 51.2 Å². The minimum Gasteiger partial charge on any atom is -0.396 e. The predicted molar refractivity (Wildman–Crippen MR) is 68.5 cm³/mol. The monoisotopic (exact) mass is 221 g/mol. The van der Waals surface area contributed by atoms with Gasteiger partial charge < -0.3 is 10.4 Å². The van der Waals surface area contributed by atoms with Crippen LogP contribution >= 0.6 is 0 Å². The molecule has 0 aliphatic carbocycles. The van der Waals surface area contributed by atoms with Gasteiger partial charge in [-0.15, -0.1) is 0 Å². The molecule has 2 heteroatoms. The fourth-order valence-corrected chi connectivity index (χ4v) is 1.88. The Morgan fingerprint density at radius 2 is 1.69 bits per heavy atom. The van der Waals surface area contributed by atoms with Crippen LogP contribution in [0.4, 0.5) is 0 Å². The van der Waals surface area contributed by atoms with Crippen molar-refractivity contribution in [3.8, 4) is 0 Å². The van der Waals surface area contributed by atoms with Gasteiger partial charge >= 0.3 is 0 Å². The third kappa shape index (κ3) is 4.33. The van der Waals surface area contributed by atoms with E-state index in [0.29, 0.717) is 0 Å². The van der Waals surface area contributed by atoms with E-state index in [9.17, 15) is 0 Å². The number of rotatable bonds is 5. The summed E-state index contributed by atoms with van der Waals surface area (Å²) in [5.74, 6) is 0. The second-order valence-electron chi connectivity index (χ2n) is 5.21. The molecular weight excluding hydrogens is 198 g/mol. The highest BCUT2D eigenvalue weighted by molar-refractivity contribution is 5.28. The van der Waals surface area contributed by atoms with E-state index in [1.54, 1.807) is 0 Å². The lowest BCUT2D eigenvalue weighted by atomic mass is 10.00. The van der Waals surface area contributed by atoms with Gasteiger partial charge in [-0.1, -0.05) is 29.3 Å². The first-order valence-electron chi connectivity index (χ1n) is 5.86. The summed E-state index contributed by atoms with van der Waals surface area (Å²) in [4.78, 5) is 0. The number of hydrogen-bond donors (Lipinski definition) is 2. The second kappa shape index (κ2) is 5.46. The van der Waals surface area contributed by atoms with Crippen molar-refractivity contribution in [1.29, 1.82) is 0 Å². The second-order valence-corrected chi connectivity index (χ2v) is 5.21. The van der Waals surface area contributed by atoms with Crippen LogP contribution in [0.3, 0.4) is 0 Å². The van der Waals surface area contributed by atoms with Gasteiger partial charge in [0.25, 0.3) is 0 Å². The van der Waals surface area contributed by atoms with E-state index in [-0.39, 0.29) is 12.1 Å². The van der Waals surface area contributed by atoms with Gasteiger partial charge in [0.05, 0.1) is 0 Å². The molecule has 0 radical (unpaired) electrons. The van der Waals surface area contributed by atoms with Crippen molar-refractivity contribution in [3.63, 3.8) is 0 Å². The molecule has 2 N–H and O–H groups in total. The standard InChI is InChI=1S/C14H23NO/c1-11-7-12(2)9-13(8-11)10-15-14(3,4)5-6-16/h7-9,15-16H,5-6,10H2,1-4H3. The summed E-state index contributed by atoms with van der Waals surface area (Å²) in [6, 6.07) is 6.59. The van der Waals surface area contributed by atoms with Gasteiger partial charge in [-0.2, -0.15) is 0 Å². The topological polar surface area (TPSA) is 32.3 Å². The summed E-state index contributed by atoms with van der Waals surface area (Å²) in [6.07, 6.45) is 0.776. The lowest BCUT2D eigenvalue weighted by Crippen LogP contribution is -2.39. The summed E-state index contributed by atoms with van der Waals surface area (Å²) in [5.41, 5.74) is 3.91. The van der Waals surface area contributed by atoms with E-state index in [1.807, 2.05) is 0 Å². The highest BCUT2D eigenvalue weighted by Crippen LogP contribution is 2.12. The number of nitrogens with one attached hydrogen (secondary N) is 1. The molecule has 0 aliphatic rings. The van der Waals surface area contributed by atoms with E-state index >= 15 is 0 Å². The molecular formula is C14H23NO. The molecule has 16 heavy (non-hydrogen) atoms. The SMILES string of the molecule is Cc1cc(C)cc(CNC(C)(C)CCO)c1. The molecule has 0 fully saturated rings. The Kier molecular flexibility index (Phi) is 4.51. The summed E-state index contributed by atoms with van der Waals surface area (Å²) in [5, 5.41) is 12.4. The molecule has 0 saturated carbocycles. The zero-order chi connectivity index (χ0) is 12.2. The third-order valence-electron chi connectivity index (χ3n) is 2.79. The van der Waals surface area contributed by atoms with Crippen molar-refractivity contribution in [3.05, 3.63) is 34.9 Å². The van der Waals surface area contributed by atoms with Gasteiger partial charge in [-0.3, -0.25) is 0 Å². The van der Waals surface area contributed by atoms with Crippen molar-refractivity contribution in [2.24, 2.45) is 0 Å². The Morgan fingerprint density at radius 1 is 1.12 bits per heavy atom.